The maximum atomic E-state index is 9.08. The summed E-state index contributed by atoms with van der Waals surface area (Å²) in [6.45, 7) is 2.30. The highest BCUT2D eigenvalue weighted by molar-refractivity contribution is 4.70. The van der Waals surface area contributed by atoms with E-state index >= 15 is 0 Å². The molecule has 1 aliphatic rings. The van der Waals surface area contributed by atoms with Crippen LogP contribution >= 0.6 is 0 Å². The molecule has 1 saturated carbocycles. The largest absolute Gasteiger partial charge is 0.394 e. The van der Waals surface area contributed by atoms with Gasteiger partial charge in [-0.3, -0.25) is 0 Å². The van der Waals surface area contributed by atoms with Gasteiger partial charge in [-0.15, -0.1) is 0 Å². The molecule has 3 atom stereocenters. The first-order chi connectivity index (χ1) is 6.22. The summed E-state index contributed by atoms with van der Waals surface area (Å²) in [5.74, 6) is 0.741. The number of hydrogen-bond acceptors (Lipinski definition) is 3. The first-order valence-electron chi connectivity index (χ1n) is 5.13. The van der Waals surface area contributed by atoms with Crippen LogP contribution in [0, 0.1) is 5.92 Å². The summed E-state index contributed by atoms with van der Waals surface area (Å²) >= 11 is 0. The van der Waals surface area contributed by atoms with Gasteiger partial charge in [-0.05, 0) is 18.8 Å². The molecule has 3 nitrogen and oxygen atoms in total. The second-order valence-corrected chi connectivity index (χ2v) is 4.06. The predicted octanol–water partition coefficient (Wildman–Crippen LogP) is 0.935. The number of ether oxygens (including phenoxy) is 1. The van der Waals surface area contributed by atoms with Crippen LogP contribution < -0.4 is 0 Å². The summed E-state index contributed by atoms with van der Waals surface area (Å²) in [6, 6.07) is 0. The van der Waals surface area contributed by atoms with Gasteiger partial charge in [0.2, 0.25) is 0 Å². The lowest BCUT2D eigenvalue weighted by Crippen LogP contribution is -2.27. The van der Waals surface area contributed by atoms with E-state index < -0.39 is 6.10 Å². The molecule has 2 N–H and O–H groups in total. The summed E-state index contributed by atoms with van der Waals surface area (Å²) in [5.41, 5.74) is 0. The zero-order valence-corrected chi connectivity index (χ0v) is 8.28. The normalized spacial score (nSPS) is 31.6. The lowest BCUT2D eigenvalue weighted by molar-refractivity contribution is -0.0456. The topological polar surface area (TPSA) is 49.7 Å². The van der Waals surface area contributed by atoms with Crippen molar-refractivity contribution in [2.75, 3.05) is 13.2 Å². The molecule has 1 aliphatic carbocycles. The fourth-order valence-corrected chi connectivity index (χ4v) is 1.83. The Morgan fingerprint density at radius 1 is 1.46 bits per heavy atom. The molecule has 78 valence electrons. The van der Waals surface area contributed by atoms with Gasteiger partial charge in [0.1, 0.15) is 6.10 Å². The standard InChI is InChI=1S/C10H20O3/c1-8-3-2-4-10(5-8)13-7-9(12)6-11/h8-12H,2-7H2,1H3. The predicted molar refractivity (Wildman–Crippen MR) is 50.5 cm³/mol. The molecular weight excluding hydrogens is 168 g/mol. The number of aliphatic hydroxyl groups excluding tert-OH is 2. The van der Waals surface area contributed by atoms with Crippen molar-refractivity contribution in [1.29, 1.82) is 0 Å². The zero-order chi connectivity index (χ0) is 9.68. The molecule has 1 fully saturated rings. The van der Waals surface area contributed by atoms with E-state index in [1.165, 1.54) is 12.8 Å². The Hall–Kier alpha value is -0.120. The van der Waals surface area contributed by atoms with Crippen LogP contribution in [0.2, 0.25) is 0 Å². The van der Waals surface area contributed by atoms with Gasteiger partial charge in [-0.2, -0.15) is 0 Å². The summed E-state index contributed by atoms with van der Waals surface area (Å²) in [7, 11) is 0. The van der Waals surface area contributed by atoms with Crippen LogP contribution in [0.25, 0.3) is 0 Å². The van der Waals surface area contributed by atoms with Gasteiger partial charge in [0.25, 0.3) is 0 Å². The van der Waals surface area contributed by atoms with Gasteiger partial charge in [0.15, 0.2) is 0 Å². The molecule has 3 heteroatoms. The number of aliphatic hydroxyl groups is 2. The lowest BCUT2D eigenvalue weighted by Gasteiger charge is -2.27. The minimum atomic E-state index is -0.711. The van der Waals surface area contributed by atoms with Crippen molar-refractivity contribution in [2.45, 2.75) is 44.8 Å². The molecule has 0 aromatic carbocycles. The first-order valence-corrected chi connectivity index (χ1v) is 5.13. The van der Waals surface area contributed by atoms with Gasteiger partial charge < -0.3 is 14.9 Å². The minimum absolute atomic E-state index is 0.206. The van der Waals surface area contributed by atoms with E-state index in [2.05, 4.69) is 6.92 Å². The Morgan fingerprint density at radius 2 is 2.23 bits per heavy atom. The van der Waals surface area contributed by atoms with Crippen LogP contribution in [-0.4, -0.2) is 35.6 Å². The average Bonchev–Trinajstić information content (AvgIpc) is 2.14. The summed E-state index contributed by atoms with van der Waals surface area (Å²) in [4.78, 5) is 0. The molecular formula is C10H20O3. The maximum absolute atomic E-state index is 9.08. The Balaban J connectivity index is 2.13. The minimum Gasteiger partial charge on any atom is -0.394 e. The molecule has 0 aromatic heterocycles. The molecule has 13 heavy (non-hydrogen) atoms. The first kappa shape index (κ1) is 11.0. The Kier molecular flexibility index (Phi) is 4.70. The molecule has 1 rings (SSSR count). The van der Waals surface area contributed by atoms with E-state index in [1.54, 1.807) is 0 Å². The molecule has 0 amide bonds. The van der Waals surface area contributed by atoms with Crippen LogP contribution in [0.5, 0.6) is 0 Å². The van der Waals surface area contributed by atoms with Gasteiger partial charge in [0.05, 0.1) is 19.3 Å². The van der Waals surface area contributed by atoms with Crippen molar-refractivity contribution in [3.05, 3.63) is 0 Å². The van der Waals surface area contributed by atoms with E-state index in [0.717, 1.165) is 18.8 Å². The van der Waals surface area contributed by atoms with E-state index in [9.17, 15) is 0 Å². The third-order valence-corrected chi connectivity index (χ3v) is 2.62. The molecule has 0 bridgehead atoms. The van der Waals surface area contributed by atoms with Crippen molar-refractivity contribution >= 4 is 0 Å². The van der Waals surface area contributed by atoms with E-state index in [4.69, 9.17) is 14.9 Å². The summed E-state index contributed by atoms with van der Waals surface area (Å²) < 4.78 is 5.50. The van der Waals surface area contributed by atoms with Crippen LogP contribution in [-0.2, 0) is 4.74 Å². The highest BCUT2D eigenvalue weighted by Gasteiger charge is 2.19. The monoisotopic (exact) mass is 188 g/mol. The maximum Gasteiger partial charge on any atom is 0.100 e. The molecule has 0 aliphatic heterocycles. The molecule has 0 radical (unpaired) electrons. The molecule has 0 spiro atoms. The SMILES string of the molecule is CC1CCCC(OCC(O)CO)C1. The van der Waals surface area contributed by atoms with Crippen LogP contribution in [0.3, 0.4) is 0 Å². The molecule has 0 aromatic rings. The smallest absolute Gasteiger partial charge is 0.100 e. The van der Waals surface area contributed by atoms with Gasteiger partial charge in [-0.25, -0.2) is 0 Å². The third kappa shape index (κ3) is 4.07. The van der Waals surface area contributed by atoms with Gasteiger partial charge >= 0.3 is 0 Å². The van der Waals surface area contributed by atoms with Crippen LogP contribution in [0.1, 0.15) is 32.6 Å². The van der Waals surface area contributed by atoms with E-state index in [0.29, 0.717) is 6.10 Å². The van der Waals surface area contributed by atoms with E-state index in [1.807, 2.05) is 0 Å². The number of rotatable bonds is 4. The Labute approximate surface area is 79.7 Å². The van der Waals surface area contributed by atoms with Crippen LogP contribution in [0.4, 0.5) is 0 Å². The average molecular weight is 188 g/mol. The quantitative estimate of drug-likeness (QED) is 0.690. The fraction of sp³-hybridized carbons (Fsp3) is 1.00. The Morgan fingerprint density at radius 3 is 2.85 bits per heavy atom. The third-order valence-electron chi connectivity index (χ3n) is 2.62. The molecule has 3 unspecified atom stereocenters. The van der Waals surface area contributed by atoms with Crippen molar-refractivity contribution in [2.24, 2.45) is 5.92 Å². The second kappa shape index (κ2) is 5.58. The highest BCUT2D eigenvalue weighted by Crippen LogP contribution is 2.25. The fourth-order valence-electron chi connectivity index (χ4n) is 1.83. The van der Waals surface area contributed by atoms with Gasteiger partial charge in [-0.1, -0.05) is 19.8 Å². The lowest BCUT2D eigenvalue weighted by atomic mass is 9.89. The van der Waals surface area contributed by atoms with Crippen molar-refractivity contribution < 1.29 is 14.9 Å². The summed E-state index contributed by atoms with van der Waals surface area (Å²) in [6.07, 6.45) is 4.30. The Bertz CT molecular complexity index is 138. The summed E-state index contributed by atoms with van der Waals surface area (Å²) in [5, 5.41) is 17.7. The van der Waals surface area contributed by atoms with Crippen molar-refractivity contribution in [1.82, 2.24) is 0 Å². The van der Waals surface area contributed by atoms with Crippen molar-refractivity contribution in [3.8, 4) is 0 Å². The highest BCUT2D eigenvalue weighted by atomic mass is 16.5. The van der Waals surface area contributed by atoms with Crippen molar-refractivity contribution in [3.63, 3.8) is 0 Å². The van der Waals surface area contributed by atoms with E-state index in [-0.39, 0.29) is 13.2 Å². The van der Waals surface area contributed by atoms with Crippen LogP contribution in [0.15, 0.2) is 0 Å². The zero-order valence-electron chi connectivity index (χ0n) is 8.28. The number of hydrogen-bond donors (Lipinski definition) is 2. The molecule has 0 saturated heterocycles. The second-order valence-electron chi connectivity index (χ2n) is 4.06. The molecule has 0 heterocycles. The van der Waals surface area contributed by atoms with Gasteiger partial charge in [0, 0.05) is 0 Å².